The Morgan fingerprint density at radius 2 is 2.10 bits per heavy atom. The van der Waals surface area contributed by atoms with Crippen molar-refractivity contribution < 1.29 is 19.4 Å². The maximum absolute atomic E-state index is 12.4. The maximum Gasteiger partial charge on any atom is 0.268 e. The number of carbonyl (C=O) groups is 1. The van der Waals surface area contributed by atoms with Gasteiger partial charge in [-0.1, -0.05) is 0 Å². The van der Waals surface area contributed by atoms with Gasteiger partial charge in [-0.3, -0.25) is 4.79 Å². The van der Waals surface area contributed by atoms with Crippen LogP contribution in [0.15, 0.2) is 18.3 Å². The third-order valence-electron chi connectivity index (χ3n) is 4.30. The fraction of sp³-hybridized carbons (Fsp3) is 0.643. The number of nitrogens with zero attached hydrogens (tertiary/aromatic N) is 1. The van der Waals surface area contributed by atoms with Crippen molar-refractivity contribution in [3.63, 3.8) is 0 Å². The van der Waals surface area contributed by atoms with Crippen LogP contribution in [0, 0.1) is 0 Å². The zero-order valence-electron chi connectivity index (χ0n) is 11.1. The summed E-state index contributed by atoms with van der Waals surface area (Å²) in [6.07, 6.45) is 3.10. The molecule has 0 radical (unpaired) electrons. The predicted molar refractivity (Wildman–Crippen MR) is 69.4 cm³/mol. The molecular formula is C14H18N2O4. The minimum atomic E-state index is -0.586. The van der Waals surface area contributed by atoms with Crippen molar-refractivity contribution in [1.82, 2.24) is 9.88 Å². The summed E-state index contributed by atoms with van der Waals surface area (Å²) in [6.45, 7) is 0.669. The lowest BCUT2D eigenvalue weighted by molar-refractivity contribution is 0.0178. The number of aromatic nitrogens is 1. The Kier molecular flexibility index (Phi) is 2.83. The van der Waals surface area contributed by atoms with Crippen LogP contribution in [0.3, 0.4) is 0 Å². The molecule has 2 N–H and O–H groups in total. The smallest absolute Gasteiger partial charge is 0.268 e. The number of carbonyl (C=O) groups excluding carboxylic acids is 1. The number of hydrogen-bond acceptors (Lipinski definition) is 4. The van der Waals surface area contributed by atoms with Crippen molar-refractivity contribution in [2.24, 2.45) is 0 Å². The first-order valence-corrected chi connectivity index (χ1v) is 7.13. The van der Waals surface area contributed by atoms with E-state index in [1.54, 1.807) is 0 Å². The molecule has 0 spiro atoms. The standard InChI is InChI=1S/C14H18N2O4/c17-11-7-20-12-9(6-19-13(11)12)15-14(18)10-2-1-5-16(10)8-3-4-8/h1-2,5,8-9,11-13,17H,3-4,6-7H2,(H,15,18)/t9-,11+,12+,13+/m0/s1. The molecule has 6 heteroatoms. The first-order valence-electron chi connectivity index (χ1n) is 7.13. The van der Waals surface area contributed by atoms with Crippen LogP contribution in [0.5, 0.6) is 0 Å². The van der Waals surface area contributed by atoms with Gasteiger partial charge in [0.25, 0.3) is 5.91 Å². The van der Waals surface area contributed by atoms with E-state index in [9.17, 15) is 9.90 Å². The first kappa shape index (κ1) is 12.4. The molecule has 20 heavy (non-hydrogen) atoms. The van der Waals surface area contributed by atoms with Gasteiger partial charge in [0.1, 0.15) is 24.0 Å². The van der Waals surface area contributed by atoms with Crippen LogP contribution in [0.4, 0.5) is 0 Å². The Bertz CT molecular complexity index is 525. The highest BCUT2D eigenvalue weighted by molar-refractivity contribution is 5.93. The van der Waals surface area contributed by atoms with Crippen LogP contribution < -0.4 is 5.32 Å². The predicted octanol–water partition coefficient (Wildman–Crippen LogP) is 0.0799. The summed E-state index contributed by atoms with van der Waals surface area (Å²) in [5.41, 5.74) is 0.689. The summed E-state index contributed by atoms with van der Waals surface area (Å²) in [5, 5.41) is 12.7. The summed E-state index contributed by atoms with van der Waals surface area (Å²) in [7, 11) is 0. The van der Waals surface area contributed by atoms with Crippen LogP contribution in [0.2, 0.25) is 0 Å². The topological polar surface area (TPSA) is 72.7 Å². The van der Waals surface area contributed by atoms with Gasteiger partial charge < -0.3 is 24.5 Å². The van der Waals surface area contributed by atoms with Gasteiger partial charge >= 0.3 is 0 Å². The fourth-order valence-electron chi connectivity index (χ4n) is 3.10. The molecule has 3 fully saturated rings. The van der Waals surface area contributed by atoms with E-state index in [0.717, 1.165) is 12.8 Å². The van der Waals surface area contributed by atoms with Gasteiger partial charge in [0, 0.05) is 12.2 Å². The second-order valence-electron chi connectivity index (χ2n) is 5.78. The van der Waals surface area contributed by atoms with Gasteiger partial charge in [0.15, 0.2) is 0 Å². The van der Waals surface area contributed by atoms with Crippen LogP contribution in [0.1, 0.15) is 29.4 Å². The van der Waals surface area contributed by atoms with Crippen LogP contribution >= 0.6 is 0 Å². The van der Waals surface area contributed by atoms with E-state index in [1.807, 2.05) is 22.9 Å². The maximum atomic E-state index is 12.4. The number of aliphatic hydroxyl groups excluding tert-OH is 1. The largest absolute Gasteiger partial charge is 0.388 e. The molecule has 108 valence electrons. The number of ether oxygens (including phenoxy) is 2. The first-order chi connectivity index (χ1) is 9.74. The molecule has 0 bridgehead atoms. The number of amides is 1. The molecule has 0 aromatic carbocycles. The molecule has 3 aliphatic rings. The number of nitrogens with one attached hydrogen (secondary N) is 1. The number of fused-ring (bicyclic) bond motifs is 1. The van der Waals surface area contributed by atoms with Crippen molar-refractivity contribution in [3.05, 3.63) is 24.0 Å². The molecular weight excluding hydrogens is 260 g/mol. The summed E-state index contributed by atoms with van der Waals surface area (Å²) >= 11 is 0. The number of hydrogen-bond donors (Lipinski definition) is 2. The molecule has 4 rings (SSSR count). The van der Waals surface area contributed by atoms with Crippen molar-refractivity contribution in [3.8, 4) is 0 Å². The molecule has 1 aromatic heterocycles. The van der Waals surface area contributed by atoms with Gasteiger partial charge in [-0.15, -0.1) is 0 Å². The van der Waals surface area contributed by atoms with E-state index in [1.165, 1.54) is 0 Å². The molecule has 2 aliphatic heterocycles. The highest BCUT2D eigenvalue weighted by atomic mass is 16.6. The second kappa shape index (κ2) is 4.58. The molecule has 0 unspecified atom stereocenters. The molecule has 3 heterocycles. The van der Waals surface area contributed by atoms with Crippen molar-refractivity contribution in [2.45, 2.75) is 43.2 Å². The Morgan fingerprint density at radius 1 is 1.30 bits per heavy atom. The monoisotopic (exact) mass is 278 g/mol. The molecule has 2 saturated heterocycles. The van der Waals surface area contributed by atoms with Gasteiger partial charge in [0.05, 0.1) is 19.3 Å². The highest BCUT2D eigenvalue weighted by Crippen LogP contribution is 2.36. The lowest BCUT2D eigenvalue weighted by Gasteiger charge is -2.18. The van der Waals surface area contributed by atoms with E-state index in [-0.39, 0.29) is 30.8 Å². The third-order valence-corrected chi connectivity index (χ3v) is 4.30. The summed E-state index contributed by atoms with van der Waals surface area (Å²) in [5.74, 6) is -0.0962. The molecule has 1 aromatic rings. The Hall–Kier alpha value is -1.37. The lowest BCUT2D eigenvalue weighted by atomic mass is 10.1. The molecule has 1 aliphatic carbocycles. The quantitative estimate of drug-likeness (QED) is 0.821. The zero-order chi connectivity index (χ0) is 13.7. The van der Waals surface area contributed by atoms with Crippen LogP contribution in [0.25, 0.3) is 0 Å². The van der Waals surface area contributed by atoms with E-state index in [0.29, 0.717) is 18.3 Å². The third kappa shape index (κ3) is 1.95. The summed E-state index contributed by atoms with van der Waals surface area (Å²) in [4.78, 5) is 12.4. The average Bonchev–Trinajstić information content (AvgIpc) is 2.88. The second-order valence-corrected chi connectivity index (χ2v) is 5.78. The Labute approximate surface area is 116 Å². The fourth-order valence-corrected chi connectivity index (χ4v) is 3.10. The molecule has 1 amide bonds. The molecule has 1 saturated carbocycles. The van der Waals surface area contributed by atoms with Gasteiger partial charge in [-0.25, -0.2) is 0 Å². The Balaban J connectivity index is 1.46. The van der Waals surface area contributed by atoms with E-state index in [2.05, 4.69) is 5.32 Å². The molecule has 6 nitrogen and oxygen atoms in total. The normalized spacial score (nSPS) is 36.0. The van der Waals surface area contributed by atoms with Crippen molar-refractivity contribution >= 4 is 5.91 Å². The van der Waals surface area contributed by atoms with Gasteiger partial charge in [-0.05, 0) is 25.0 Å². The van der Waals surface area contributed by atoms with Crippen molar-refractivity contribution in [1.29, 1.82) is 0 Å². The van der Waals surface area contributed by atoms with Crippen LogP contribution in [-0.2, 0) is 9.47 Å². The van der Waals surface area contributed by atoms with E-state index < -0.39 is 6.10 Å². The molecule has 4 atom stereocenters. The summed E-state index contributed by atoms with van der Waals surface area (Å²) in [6, 6.07) is 4.03. The lowest BCUT2D eigenvalue weighted by Crippen LogP contribution is -2.44. The number of rotatable bonds is 3. The number of aliphatic hydroxyl groups is 1. The van der Waals surface area contributed by atoms with Gasteiger partial charge in [0.2, 0.25) is 0 Å². The Morgan fingerprint density at radius 3 is 2.90 bits per heavy atom. The van der Waals surface area contributed by atoms with Crippen LogP contribution in [-0.4, -0.2) is 53.1 Å². The van der Waals surface area contributed by atoms with Crippen molar-refractivity contribution in [2.75, 3.05) is 13.2 Å². The minimum absolute atomic E-state index is 0.0962. The average molecular weight is 278 g/mol. The minimum Gasteiger partial charge on any atom is -0.388 e. The van der Waals surface area contributed by atoms with E-state index in [4.69, 9.17) is 9.47 Å². The van der Waals surface area contributed by atoms with Gasteiger partial charge in [-0.2, -0.15) is 0 Å². The zero-order valence-corrected chi connectivity index (χ0v) is 11.1. The van der Waals surface area contributed by atoms with E-state index >= 15 is 0 Å². The SMILES string of the molecule is O=C(N[C@H]1CO[C@H]2[C@@H]1OC[C@H]2O)c1cccn1C1CC1. The highest BCUT2D eigenvalue weighted by Gasteiger charge is 2.47. The summed E-state index contributed by atoms with van der Waals surface area (Å²) < 4.78 is 13.1.